The smallest absolute Gasteiger partial charge is 0.414 e. The van der Waals surface area contributed by atoms with Crippen molar-refractivity contribution in [3.63, 3.8) is 0 Å². The molecule has 5 aliphatic rings. The van der Waals surface area contributed by atoms with Gasteiger partial charge in [0, 0.05) is 29.5 Å². The molecule has 10 atom stereocenters. The molecule has 0 bridgehead atoms. The molecule has 0 aromatic heterocycles. The minimum absolute atomic E-state index is 0.0149. The number of ether oxygens (including phenoxy) is 4. The molecule has 3 N–H and O–H groups in total. The van der Waals surface area contributed by atoms with Crippen molar-refractivity contribution in [2.75, 3.05) is 25.6 Å². The molecule has 45 heavy (non-hydrogen) atoms. The van der Waals surface area contributed by atoms with Gasteiger partial charge in [0.25, 0.3) is 0 Å². The van der Waals surface area contributed by atoms with Gasteiger partial charge in [0.2, 0.25) is 5.79 Å². The van der Waals surface area contributed by atoms with Crippen LogP contribution in [0.25, 0.3) is 0 Å². The zero-order valence-electron chi connectivity index (χ0n) is 27.7. The topological polar surface area (TPSA) is 115 Å². The average Bonchev–Trinajstić information content (AvgIpc) is 3.35. The number of para-hydroxylation sites is 1. The van der Waals surface area contributed by atoms with E-state index in [1.54, 1.807) is 12.1 Å². The van der Waals surface area contributed by atoms with Crippen molar-refractivity contribution in [2.24, 2.45) is 51.8 Å². The Morgan fingerprint density at radius 2 is 1.69 bits per heavy atom. The van der Waals surface area contributed by atoms with Crippen molar-refractivity contribution in [3.8, 4) is 0 Å². The van der Waals surface area contributed by atoms with E-state index >= 15 is 0 Å². The highest BCUT2D eigenvalue weighted by atomic mass is 16.7. The van der Waals surface area contributed by atoms with Gasteiger partial charge in [0.15, 0.2) is 6.29 Å². The molecule has 4 aliphatic carbocycles. The monoisotopic (exact) mass is 624 g/mol. The number of amides is 2. The molecule has 0 radical (unpaired) electrons. The number of benzene rings is 1. The molecule has 3 saturated carbocycles. The lowest BCUT2D eigenvalue weighted by atomic mass is 9.44. The number of hydrogen-bond acceptors (Lipinski definition) is 7. The zero-order chi connectivity index (χ0) is 32.2. The van der Waals surface area contributed by atoms with Crippen LogP contribution in [0.5, 0.6) is 0 Å². The summed E-state index contributed by atoms with van der Waals surface area (Å²) < 4.78 is 24.3. The summed E-state index contributed by atoms with van der Waals surface area (Å²) in [5, 5.41) is 17.9. The van der Waals surface area contributed by atoms with Crippen LogP contribution in [0.4, 0.5) is 15.3 Å². The summed E-state index contributed by atoms with van der Waals surface area (Å²) in [5.74, 6) is -0.475. The lowest BCUT2D eigenvalue weighted by Gasteiger charge is -2.63. The van der Waals surface area contributed by atoms with Crippen LogP contribution in [-0.2, 0) is 18.9 Å². The second kappa shape index (κ2) is 11.9. The summed E-state index contributed by atoms with van der Waals surface area (Å²) >= 11 is 0. The summed E-state index contributed by atoms with van der Waals surface area (Å²) in [6.45, 7) is 12.6. The van der Waals surface area contributed by atoms with Gasteiger partial charge < -0.3 is 29.4 Å². The number of anilines is 1. The second-order valence-electron chi connectivity index (χ2n) is 15.7. The van der Waals surface area contributed by atoms with Crippen molar-refractivity contribution in [2.45, 2.75) is 91.3 Å². The Bertz CT molecular complexity index is 1280. The molecular weight excluding hydrogens is 572 g/mol. The molecule has 248 valence electrons. The van der Waals surface area contributed by atoms with Crippen LogP contribution in [0.3, 0.4) is 0 Å². The van der Waals surface area contributed by atoms with Crippen LogP contribution in [0, 0.1) is 51.8 Å². The van der Waals surface area contributed by atoms with Crippen molar-refractivity contribution in [1.82, 2.24) is 5.32 Å². The number of hydrogen-bond donors (Lipinski definition) is 3. The van der Waals surface area contributed by atoms with Crippen LogP contribution >= 0.6 is 0 Å². The van der Waals surface area contributed by atoms with Gasteiger partial charge in [-0.3, -0.25) is 5.32 Å². The molecular formula is C36H52N2O7. The normalized spacial score (nSPS) is 41.1. The lowest BCUT2D eigenvalue weighted by molar-refractivity contribution is -0.305. The largest absolute Gasteiger partial charge is 0.446 e. The van der Waals surface area contributed by atoms with Crippen LogP contribution in [0.15, 0.2) is 42.5 Å². The van der Waals surface area contributed by atoms with Gasteiger partial charge in [-0.1, -0.05) is 65.0 Å². The summed E-state index contributed by atoms with van der Waals surface area (Å²) in [4.78, 5) is 25.6. The van der Waals surface area contributed by atoms with E-state index in [-0.39, 0.29) is 47.2 Å². The molecule has 1 aromatic rings. The van der Waals surface area contributed by atoms with Crippen molar-refractivity contribution >= 4 is 17.9 Å². The number of carbonyl (C=O) groups excluding carboxylic acids is 2. The van der Waals surface area contributed by atoms with Crippen molar-refractivity contribution < 1.29 is 33.6 Å². The molecule has 1 aromatic carbocycles. The predicted molar refractivity (Wildman–Crippen MR) is 170 cm³/mol. The molecule has 4 unspecified atom stereocenters. The van der Waals surface area contributed by atoms with Gasteiger partial charge in [0.05, 0.1) is 19.6 Å². The van der Waals surface area contributed by atoms with E-state index in [9.17, 15) is 14.7 Å². The lowest BCUT2D eigenvalue weighted by Crippen LogP contribution is -2.66. The number of fused-ring (bicyclic) bond motifs is 5. The third kappa shape index (κ3) is 5.67. The Hall–Kier alpha value is -2.62. The quantitative estimate of drug-likeness (QED) is 0.246. The van der Waals surface area contributed by atoms with Crippen LogP contribution in [0.2, 0.25) is 0 Å². The van der Waals surface area contributed by atoms with E-state index in [0.29, 0.717) is 37.2 Å². The minimum Gasteiger partial charge on any atom is -0.446 e. The maximum Gasteiger partial charge on any atom is 0.414 e. The van der Waals surface area contributed by atoms with Crippen LogP contribution < -0.4 is 10.6 Å². The first-order valence-corrected chi connectivity index (χ1v) is 16.9. The molecule has 0 spiro atoms. The van der Waals surface area contributed by atoms with E-state index in [0.717, 1.165) is 25.7 Å². The molecule has 2 amide bonds. The van der Waals surface area contributed by atoms with E-state index < -0.39 is 29.5 Å². The standard InChI is InChI=1S/C36H52N2O7/c1-22(30-42-20-33(2,3)21-43-30)27-14-15-28-26-13-12-23-18-25(44-31(39)37-6)19-36(41,35(23,5)29(26)16-17-34(27,28)4)45-32(40)38-24-10-8-7-9-11-24/h7-13,22-23,25-30,41H,14-21H2,1-6H3,(H,37,39)(H,38,40)/t22?,23?,25?,26-,27+,28-,29-,34+,35-,36?/m0/s1. The summed E-state index contributed by atoms with van der Waals surface area (Å²) in [5.41, 5.74) is -0.0415. The zero-order valence-corrected chi connectivity index (χ0v) is 27.7. The van der Waals surface area contributed by atoms with Crippen molar-refractivity contribution in [3.05, 3.63) is 42.5 Å². The predicted octanol–water partition coefficient (Wildman–Crippen LogP) is 6.73. The number of carbonyl (C=O) groups is 2. The fourth-order valence-electron chi connectivity index (χ4n) is 10.1. The maximum atomic E-state index is 13.3. The summed E-state index contributed by atoms with van der Waals surface area (Å²) in [6, 6.07) is 9.07. The number of rotatable bonds is 5. The number of nitrogens with one attached hydrogen (secondary N) is 2. The Balaban J connectivity index is 1.27. The minimum atomic E-state index is -1.85. The van der Waals surface area contributed by atoms with Gasteiger partial charge in [0.1, 0.15) is 6.10 Å². The van der Waals surface area contributed by atoms with Crippen LogP contribution in [-0.4, -0.2) is 55.7 Å². The average molecular weight is 625 g/mol. The first-order chi connectivity index (χ1) is 21.3. The highest BCUT2D eigenvalue weighted by Gasteiger charge is 2.68. The van der Waals surface area contributed by atoms with Crippen molar-refractivity contribution in [1.29, 1.82) is 0 Å². The molecule has 1 aliphatic heterocycles. The Kier molecular flexibility index (Phi) is 8.53. The number of allylic oxidation sites excluding steroid dienone is 2. The Morgan fingerprint density at radius 1 is 0.978 bits per heavy atom. The summed E-state index contributed by atoms with van der Waals surface area (Å²) in [6.07, 6.45) is 7.23. The fourth-order valence-corrected chi connectivity index (χ4v) is 10.1. The Labute approximate surface area is 267 Å². The molecule has 9 heteroatoms. The molecule has 1 heterocycles. The third-order valence-corrected chi connectivity index (χ3v) is 12.5. The second-order valence-corrected chi connectivity index (χ2v) is 15.7. The van der Waals surface area contributed by atoms with Gasteiger partial charge in [-0.25, -0.2) is 9.59 Å². The Morgan fingerprint density at radius 3 is 2.38 bits per heavy atom. The van der Waals surface area contributed by atoms with E-state index in [2.05, 4.69) is 57.4 Å². The molecule has 4 fully saturated rings. The maximum absolute atomic E-state index is 13.3. The van der Waals surface area contributed by atoms with E-state index in [1.165, 1.54) is 7.05 Å². The van der Waals surface area contributed by atoms with Gasteiger partial charge in [-0.15, -0.1) is 0 Å². The van der Waals surface area contributed by atoms with Gasteiger partial charge in [-0.2, -0.15) is 0 Å². The summed E-state index contributed by atoms with van der Waals surface area (Å²) in [7, 11) is 1.51. The SMILES string of the molecule is CNC(=O)OC1CC2C=C[C@H]3[C@@H]4CC[C@H](C(C)C5OCC(C)(C)CO5)[C@@]4(C)CC[C@@H]3[C@@]2(C)C(O)(OC(=O)Nc2ccccc2)C1. The first kappa shape index (κ1) is 32.3. The molecule has 1 saturated heterocycles. The number of alkyl carbamates (subject to hydrolysis) is 1. The first-order valence-electron chi connectivity index (χ1n) is 16.9. The van der Waals surface area contributed by atoms with E-state index in [1.807, 2.05) is 18.2 Å². The fraction of sp³-hybridized carbons (Fsp3) is 0.722. The number of aliphatic hydroxyl groups is 1. The molecule has 6 rings (SSSR count). The van der Waals surface area contributed by atoms with Crippen LogP contribution in [0.1, 0.15) is 73.1 Å². The van der Waals surface area contributed by atoms with Gasteiger partial charge in [-0.05, 0) is 79.2 Å². The highest BCUT2D eigenvalue weighted by Crippen LogP contribution is 2.69. The van der Waals surface area contributed by atoms with E-state index in [4.69, 9.17) is 18.9 Å². The van der Waals surface area contributed by atoms with Gasteiger partial charge >= 0.3 is 12.2 Å². The third-order valence-electron chi connectivity index (χ3n) is 12.5. The molecule has 9 nitrogen and oxygen atoms in total. The highest BCUT2D eigenvalue weighted by molar-refractivity contribution is 5.84.